The first-order valence-corrected chi connectivity index (χ1v) is 15.1. The standard InChI is InChI=1S/C26H26BrN6OPS/c1-19-24-26(33(29-19)20-9-4-3-5-10-20)28-25(23-13-8-18-36-23)31(2)35(24,32-14-16-34-17-15-32)30-22-12-7-6-11-21(22)27/h3-13,18H,14-17H2,1-2H3. The average Bonchev–Trinajstić information content (AvgIpc) is 3.56. The highest BCUT2D eigenvalue weighted by Crippen LogP contribution is 2.62. The van der Waals surface area contributed by atoms with E-state index in [4.69, 9.17) is 19.6 Å². The molecule has 36 heavy (non-hydrogen) atoms. The van der Waals surface area contributed by atoms with E-state index in [0.29, 0.717) is 13.2 Å². The second-order valence-corrected chi connectivity index (χ2v) is 13.4. The predicted octanol–water partition coefficient (Wildman–Crippen LogP) is 6.35. The minimum Gasteiger partial charge on any atom is -0.379 e. The van der Waals surface area contributed by atoms with Gasteiger partial charge in [0.25, 0.3) is 0 Å². The van der Waals surface area contributed by atoms with Crippen LogP contribution < -0.4 is 5.30 Å². The number of morpholine rings is 1. The van der Waals surface area contributed by atoms with Crippen LogP contribution in [0.1, 0.15) is 10.6 Å². The Kier molecular flexibility index (Phi) is 6.44. The molecule has 2 aromatic carbocycles. The number of benzene rings is 2. The maximum atomic E-state index is 5.79. The van der Waals surface area contributed by atoms with E-state index < -0.39 is 7.36 Å². The summed E-state index contributed by atoms with van der Waals surface area (Å²) in [6.45, 7) is 5.02. The van der Waals surface area contributed by atoms with Gasteiger partial charge in [-0.05, 0) is 58.6 Å². The number of aryl methyl sites for hydroxylation is 1. The maximum Gasteiger partial charge on any atom is 0.170 e. The summed E-state index contributed by atoms with van der Waals surface area (Å²) in [5.41, 5.74) is 2.86. The van der Waals surface area contributed by atoms with Crippen molar-refractivity contribution < 1.29 is 4.74 Å². The van der Waals surface area contributed by atoms with Crippen LogP contribution in [0.4, 0.5) is 11.5 Å². The molecular weight excluding hydrogens is 555 g/mol. The van der Waals surface area contributed by atoms with Gasteiger partial charge in [-0.2, -0.15) is 5.10 Å². The summed E-state index contributed by atoms with van der Waals surface area (Å²) < 4.78 is 19.2. The number of para-hydroxylation sites is 1. The van der Waals surface area contributed by atoms with Crippen LogP contribution in [0.2, 0.25) is 0 Å². The van der Waals surface area contributed by atoms with Crippen molar-refractivity contribution in [3.8, 4) is 5.69 Å². The van der Waals surface area contributed by atoms with Gasteiger partial charge in [0.05, 0.1) is 40.5 Å². The van der Waals surface area contributed by atoms with Crippen LogP contribution in [0.3, 0.4) is 0 Å². The van der Waals surface area contributed by atoms with Crippen LogP contribution >= 0.6 is 34.6 Å². The number of aromatic nitrogens is 2. The Morgan fingerprint density at radius 3 is 2.47 bits per heavy atom. The van der Waals surface area contributed by atoms with Gasteiger partial charge in [0.1, 0.15) is 0 Å². The number of aliphatic imine (C=N–C) groups is 1. The molecule has 6 rings (SSSR count). The third-order valence-corrected chi connectivity index (χ3v) is 11.8. The first-order valence-electron chi connectivity index (χ1n) is 11.8. The second kappa shape index (κ2) is 9.72. The van der Waals surface area contributed by atoms with E-state index >= 15 is 0 Å². The molecule has 0 N–H and O–H groups in total. The van der Waals surface area contributed by atoms with E-state index in [1.54, 1.807) is 11.3 Å². The smallest absolute Gasteiger partial charge is 0.170 e. The van der Waals surface area contributed by atoms with Crippen LogP contribution in [0.5, 0.6) is 0 Å². The van der Waals surface area contributed by atoms with Crippen LogP contribution in [0, 0.1) is 6.92 Å². The summed E-state index contributed by atoms with van der Waals surface area (Å²) in [6.07, 6.45) is 0. The highest BCUT2D eigenvalue weighted by Gasteiger charge is 2.45. The molecule has 0 amide bonds. The van der Waals surface area contributed by atoms with E-state index in [1.807, 2.05) is 41.1 Å². The quantitative estimate of drug-likeness (QED) is 0.264. The molecule has 0 radical (unpaired) electrons. The van der Waals surface area contributed by atoms with Crippen molar-refractivity contribution in [2.45, 2.75) is 6.92 Å². The molecule has 1 fully saturated rings. The van der Waals surface area contributed by atoms with Crippen molar-refractivity contribution in [1.82, 2.24) is 19.1 Å². The highest BCUT2D eigenvalue weighted by atomic mass is 79.9. The van der Waals surface area contributed by atoms with E-state index in [1.165, 1.54) is 0 Å². The molecule has 2 aromatic heterocycles. The first-order chi connectivity index (χ1) is 17.6. The molecule has 1 atom stereocenters. The number of fused-ring (bicyclic) bond motifs is 1. The number of ether oxygens (including phenoxy) is 1. The van der Waals surface area contributed by atoms with Gasteiger partial charge in [-0.3, -0.25) is 0 Å². The van der Waals surface area contributed by atoms with Gasteiger partial charge in [-0.15, -0.1) is 11.3 Å². The molecule has 0 bridgehead atoms. The third kappa shape index (κ3) is 3.90. The van der Waals surface area contributed by atoms with Crippen LogP contribution in [-0.2, 0) is 4.74 Å². The summed E-state index contributed by atoms with van der Waals surface area (Å²) in [7, 11) is -0.413. The van der Waals surface area contributed by atoms with Crippen LogP contribution in [0.25, 0.3) is 5.69 Å². The Bertz CT molecular complexity index is 1480. The van der Waals surface area contributed by atoms with Crippen molar-refractivity contribution in [3.05, 3.63) is 87.2 Å². The Balaban J connectivity index is 1.72. The van der Waals surface area contributed by atoms with Gasteiger partial charge < -0.3 is 9.41 Å². The SMILES string of the molecule is Cc1nn(-c2ccccc2)c2c1P(=Nc1ccccc1Br)(N1CCOCC1)N(C)C(c1cccs1)=N2. The van der Waals surface area contributed by atoms with Gasteiger partial charge in [-0.1, -0.05) is 36.4 Å². The topological polar surface area (TPSA) is 58.3 Å². The van der Waals surface area contributed by atoms with Crippen molar-refractivity contribution in [2.24, 2.45) is 9.74 Å². The van der Waals surface area contributed by atoms with E-state index in [0.717, 1.165) is 56.5 Å². The molecule has 0 spiro atoms. The van der Waals surface area contributed by atoms with E-state index in [9.17, 15) is 0 Å². The number of halogens is 1. The molecule has 4 aromatic rings. The molecule has 2 aliphatic rings. The van der Waals surface area contributed by atoms with Crippen molar-refractivity contribution >= 4 is 57.3 Å². The van der Waals surface area contributed by atoms with E-state index in [-0.39, 0.29) is 0 Å². The minimum atomic E-state index is -2.56. The second-order valence-electron chi connectivity index (χ2n) is 8.63. The first kappa shape index (κ1) is 23.8. The molecule has 7 nitrogen and oxygen atoms in total. The predicted molar refractivity (Wildman–Crippen MR) is 152 cm³/mol. The largest absolute Gasteiger partial charge is 0.379 e. The Hall–Kier alpha value is -2.55. The summed E-state index contributed by atoms with van der Waals surface area (Å²) in [4.78, 5) is 6.38. The summed E-state index contributed by atoms with van der Waals surface area (Å²) in [5, 5.41) is 8.25. The molecule has 0 saturated carbocycles. The maximum absolute atomic E-state index is 5.79. The van der Waals surface area contributed by atoms with Crippen molar-refractivity contribution in [2.75, 3.05) is 33.4 Å². The Morgan fingerprint density at radius 2 is 1.75 bits per heavy atom. The summed E-state index contributed by atoms with van der Waals surface area (Å²) in [6, 6.07) is 22.6. The molecule has 2 aliphatic heterocycles. The van der Waals surface area contributed by atoms with Gasteiger partial charge in [0.15, 0.2) is 19.0 Å². The average molecular weight is 581 g/mol. The lowest BCUT2D eigenvalue weighted by molar-refractivity contribution is 0.0732. The molecule has 184 valence electrons. The number of nitrogens with zero attached hydrogens (tertiary/aromatic N) is 6. The fraction of sp³-hybridized carbons (Fsp3) is 0.231. The lowest BCUT2D eigenvalue weighted by atomic mass is 10.3. The van der Waals surface area contributed by atoms with E-state index in [2.05, 4.69) is 75.0 Å². The minimum absolute atomic E-state index is 0.674. The van der Waals surface area contributed by atoms with Crippen LogP contribution in [0.15, 0.2) is 86.3 Å². The molecule has 1 unspecified atom stereocenters. The van der Waals surface area contributed by atoms with Gasteiger partial charge in [-0.25, -0.2) is 19.1 Å². The molecule has 10 heteroatoms. The zero-order chi connectivity index (χ0) is 24.7. The number of hydrogen-bond donors (Lipinski definition) is 0. The fourth-order valence-electron chi connectivity index (χ4n) is 4.81. The normalized spacial score (nSPS) is 20.2. The fourth-order valence-corrected chi connectivity index (χ4v) is 9.96. The number of thiophene rings is 1. The highest BCUT2D eigenvalue weighted by molar-refractivity contribution is 9.10. The number of hydrogen-bond acceptors (Lipinski definition) is 5. The Labute approximate surface area is 223 Å². The number of amidine groups is 1. The number of rotatable bonds is 4. The van der Waals surface area contributed by atoms with Gasteiger partial charge in [0.2, 0.25) is 0 Å². The lowest BCUT2D eigenvalue weighted by Crippen LogP contribution is -2.45. The molecule has 0 aliphatic carbocycles. The van der Waals surface area contributed by atoms with Crippen molar-refractivity contribution in [3.63, 3.8) is 0 Å². The van der Waals surface area contributed by atoms with Crippen LogP contribution in [-0.4, -0.2) is 58.3 Å². The molecular formula is C26H26BrN6OPS. The Morgan fingerprint density at radius 1 is 1.00 bits per heavy atom. The lowest BCUT2D eigenvalue weighted by Gasteiger charge is -2.46. The van der Waals surface area contributed by atoms with Gasteiger partial charge >= 0.3 is 0 Å². The monoisotopic (exact) mass is 580 g/mol. The zero-order valence-electron chi connectivity index (χ0n) is 20.1. The summed E-state index contributed by atoms with van der Waals surface area (Å²) in [5.74, 6) is 1.78. The molecule has 4 heterocycles. The zero-order valence-corrected chi connectivity index (χ0v) is 23.4. The third-order valence-electron chi connectivity index (χ3n) is 6.47. The van der Waals surface area contributed by atoms with Crippen molar-refractivity contribution in [1.29, 1.82) is 0 Å². The van der Waals surface area contributed by atoms with Gasteiger partial charge in [0, 0.05) is 24.6 Å². The molecule has 1 saturated heterocycles. The summed E-state index contributed by atoms with van der Waals surface area (Å²) >= 11 is 5.45.